The summed E-state index contributed by atoms with van der Waals surface area (Å²) in [5.41, 5.74) is 1.01. The third-order valence-corrected chi connectivity index (χ3v) is 4.76. The second-order valence-corrected chi connectivity index (χ2v) is 7.52. The summed E-state index contributed by atoms with van der Waals surface area (Å²) < 4.78 is 20.8. The van der Waals surface area contributed by atoms with E-state index in [2.05, 4.69) is 15.6 Å². The largest absolute Gasteiger partial charge is 0.497 e. The smallest absolute Gasteiger partial charge is 0.273 e. The van der Waals surface area contributed by atoms with E-state index in [4.69, 9.17) is 4.74 Å². The van der Waals surface area contributed by atoms with Gasteiger partial charge in [-0.3, -0.25) is 9.59 Å². The number of likely N-dealkylation sites (tertiary alicyclic amines) is 1. The zero-order chi connectivity index (χ0) is 21.0. The molecule has 2 heterocycles. The number of hydrogen-bond acceptors (Lipinski definition) is 5. The van der Waals surface area contributed by atoms with Gasteiger partial charge < -0.3 is 15.0 Å². The number of hydrogen-bond donors (Lipinski definition) is 1. The number of carbonyl (C=O) groups excluding carboxylic acids is 2. The minimum absolute atomic E-state index is 0.0144. The van der Waals surface area contributed by atoms with E-state index in [-0.39, 0.29) is 55.5 Å². The first-order chi connectivity index (χ1) is 13.9. The second kappa shape index (κ2) is 9.02. The fourth-order valence-corrected chi connectivity index (χ4v) is 3.44. The molecular weight excluding hydrogens is 377 g/mol. The molecule has 1 saturated heterocycles. The van der Waals surface area contributed by atoms with Crippen molar-refractivity contribution in [3.63, 3.8) is 0 Å². The molecular formula is C20H26FN5O3. The van der Waals surface area contributed by atoms with Gasteiger partial charge in [-0.25, -0.2) is 9.07 Å². The van der Waals surface area contributed by atoms with Crippen molar-refractivity contribution in [2.75, 3.05) is 13.7 Å². The van der Waals surface area contributed by atoms with Gasteiger partial charge in [0, 0.05) is 12.5 Å². The van der Waals surface area contributed by atoms with E-state index in [9.17, 15) is 14.0 Å². The summed E-state index contributed by atoms with van der Waals surface area (Å²) in [4.78, 5) is 26.4. The molecule has 2 aromatic rings. The van der Waals surface area contributed by atoms with Crippen molar-refractivity contribution in [2.24, 2.45) is 0 Å². The lowest BCUT2D eigenvalue weighted by atomic mass is 10.1. The zero-order valence-electron chi connectivity index (χ0n) is 16.8. The molecule has 0 spiro atoms. The number of nitrogens with one attached hydrogen (secondary N) is 1. The molecule has 2 atom stereocenters. The summed E-state index contributed by atoms with van der Waals surface area (Å²) in [7, 11) is 1.57. The van der Waals surface area contributed by atoms with Crippen LogP contribution in [-0.4, -0.2) is 63.6 Å². The van der Waals surface area contributed by atoms with E-state index < -0.39 is 6.17 Å². The summed E-state index contributed by atoms with van der Waals surface area (Å²) in [6.07, 6.45) is 0.840. The number of halogens is 1. The minimum Gasteiger partial charge on any atom is -0.497 e. The lowest BCUT2D eigenvalue weighted by Gasteiger charge is -2.24. The predicted molar refractivity (Wildman–Crippen MR) is 104 cm³/mol. The molecule has 0 radical (unpaired) electrons. The maximum absolute atomic E-state index is 14.1. The standard InChI is InChI=1S/C20H26FN5O3/c1-13(2)22-20(28)18-12-25(24-23-18)11-16-9-15(21)10-26(16)19(27)8-14-5-4-6-17(7-14)29-3/h4-7,12-13,15-16H,8-11H2,1-3H3,(H,22,28). The zero-order valence-corrected chi connectivity index (χ0v) is 16.8. The van der Waals surface area contributed by atoms with Crippen molar-refractivity contribution < 1.29 is 18.7 Å². The van der Waals surface area contributed by atoms with E-state index in [1.807, 2.05) is 32.0 Å². The monoisotopic (exact) mass is 403 g/mol. The third kappa shape index (κ3) is 5.30. The van der Waals surface area contributed by atoms with Crippen LogP contribution in [0.2, 0.25) is 0 Å². The first-order valence-corrected chi connectivity index (χ1v) is 9.63. The van der Waals surface area contributed by atoms with Crippen molar-refractivity contribution in [3.05, 3.63) is 41.7 Å². The Morgan fingerprint density at radius 2 is 2.17 bits per heavy atom. The Labute approximate surface area is 169 Å². The molecule has 1 N–H and O–H groups in total. The summed E-state index contributed by atoms with van der Waals surface area (Å²) in [5.74, 6) is 0.208. The molecule has 1 aromatic carbocycles. The highest BCUT2D eigenvalue weighted by Crippen LogP contribution is 2.23. The van der Waals surface area contributed by atoms with Gasteiger partial charge in [-0.05, 0) is 31.5 Å². The Morgan fingerprint density at radius 3 is 2.90 bits per heavy atom. The van der Waals surface area contributed by atoms with Crippen molar-refractivity contribution >= 4 is 11.8 Å². The molecule has 9 heteroatoms. The van der Waals surface area contributed by atoms with Gasteiger partial charge in [0.1, 0.15) is 11.9 Å². The quantitative estimate of drug-likeness (QED) is 0.759. The van der Waals surface area contributed by atoms with E-state index in [1.165, 1.54) is 10.9 Å². The Balaban J connectivity index is 1.66. The summed E-state index contributed by atoms with van der Waals surface area (Å²) >= 11 is 0. The summed E-state index contributed by atoms with van der Waals surface area (Å²) in [6, 6.07) is 6.91. The van der Waals surface area contributed by atoms with Crippen LogP contribution in [0.3, 0.4) is 0 Å². The molecule has 0 bridgehead atoms. The molecule has 8 nitrogen and oxygen atoms in total. The number of aromatic nitrogens is 3. The summed E-state index contributed by atoms with van der Waals surface area (Å²) in [5, 5.41) is 10.6. The second-order valence-electron chi connectivity index (χ2n) is 7.52. The molecule has 2 unspecified atom stereocenters. The average molecular weight is 403 g/mol. The molecule has 156 valence electrons. The van der Waals surface area contributed by atoms with E-state index >= 15 is 0 Å². The van der Waals surface area contributed by atoms with Gasteiger partial charge in [0.25, 0.3) is 5.91 Å². The fourth-order valence-electron chi connectivity index (χ4n) is 3.44. The summed E-state index contributed by atoms with van der Waals surface area (Å²) in [6.45, 7) is 4.05. The minimum atomic E-state index is -1.08. The topological polar surface area (TPSA) is 89.4 Å². The number of rotatable bonds is 7. The number of nitrogens with zero attached hydrogens (tertiary/aromatic N) is 4. The van der Waals surface area contributed by atoms with Gasteiger partial charge in [-0.1, -0.05) is 17.3 Å². The molecule has 0 aliphatic carbocycles. The van der Waals surface area contributed by atoms with Crippen molar-refractivity contribution in [1.29, 1.82) is 0 Å². The molecule has 1 aliphatic heterocycles. The van der Waals surface area contributed by atoms with Crippen molar-refractivity contribution in [1.82, 2.24) is 25.2 Å². The highest BCUT2D eigenvalue weighted by molar-refractivity contribution is 5.92. The van der Waals surface area contributed by atoms with Gasteiger partial charge in [0.15, 0.2) is 5.69 Å². The van der Waals surface area contributed by atoms with Gasteiger partial charge in [-0.15, -0.1) is 5.10 Å². The van der Waals surface area contributed by atoms with Gasteiger partial charge >= 0.3 is 0 Å². The lowest BCUT2D eigenvalue weighted by Crippen LogP contribution is -2.39. The molecule has 29 heavy (non-hydrogen) atoms. The molecule has 1 fully saturated rings. The first-order valence-electron chi connectivity index (χ1n) is 9.63. The van der Waals surface area contributed by atoms with E-state index in [0.29, 0.717) is 5.75 Å². The predicted octanol–water partition coefficient (Wildman–Crippen LogP) is 1.61. The van der Waals surface area contributed by atoms with Crippen LogP contribution >= 0.6 is 0 Å². The molecule has 1 aromatic heterocycles. The number of benzene rings is 1. The maximum atomic E-state index is 14.1. The van der Waals surface area contributed by atoms with Crippen LogP contribution in [0.15, 0.2) is 30.5 Å². The number of methoxy groups -OCH3 is 1. The molecule has 2 amide bonds. The van der Waals surface area contributed by atoms with Crippen LogP contribution in [0, 0.1) is 0 Å². The lowest BCUT2D eigenvalue weighted by molar-refractivity contribution is -0.131. The Bertz CT molecular complexity index is 869. The maximum Gasteiger partial charge on any atom is 0.273 e. The van der Waals surface area contributed by atoms with Crippen LogP contribution in [0.5, 0.6) is 5.75 Å². The van der Waals surface area contributed by atoms with Gasteiger partial charge in [0.05, 0.1) is 38.9 Å². The third-order valence-electron chi connectivity index (χ3n) is 4.76. The van der Waals surface area contributed by atoms with Gasteiger partial charge in [0.2, 0.25) is 5.91 Å². The number of ether oxygens (including phenoxy) is 1. The van der Waals surface area contributed by atoms with Crippen LogP contribution < -0.4 is 10.1 Å². The highest BCUT2D eigenvalue weighted by atomic mass is 19.1. The Kier molecular flexibility index (Phi) is 6.46. The number of alkyl halides is 1. The van der Waals surface area contributed by atoms with Crippen LogP contribution in [0.4, 0.5) is 4.39 Å². The molecule has 1 aliphatic rings. The average Bonchev–Trinajstić information content (AvgIpc) is 3.28. The fraction of sp³-hybridized carbons (Fsp3) is 0.500. The van der Waals surface area contributed by atoms with Crippen molar-refractivity contribution in [2.45, 2.75) is 51.5 Å². The highest BCUT2D eigenvalue weighted by Gasteiger charge is 2.35. The SMILES string of the molecule is COc1cccc(CC(=O)N2CC(F)CC2Cn2cc(C(=O)NC(C)C)nn2)c1. The normalized spacial score (nSPS) is 18.9. The molecule has 0 saturated carbocycles. The Morgan fingerprint density at radius 1 is 1.38 bits per heavy atom. The van der Waals surface area contributed by atoms with Crippen LogP contribution in [0.1, 0.15) is 36.3 Å². The van der Waals surface area contributed by atoms with Crippen LogP contribution in [-0.2, 0) is 17.8 Å². The van der Waals surface area contributed by atoms with Crippen LogP contribution in [0.25, 0.3) is 0 Å². The number of amides is 2. The van der Waals surface area contributed by atoms with Crippen molar-refractivity contribution in [3.8, 4) is 5.75 Å². The molecule has 3 rings (SSSR count). The van der Waals surface area contributed by atoms with Gasteiger partial charge in [-0.2, -0.15) is 0 Å². The van der Waals surface area contributed by atoms with E-state index in [0.717, 1.165) is 5.56 Å². The number of carbonyl (C=O) groups is 2. The Hall–Kier alpha value is -2.97. The first kappa shape index (κ1) is 20.8. The van der Waals surface area contributed by atoms with E-state index in [1.54, 1.807) is 18.1 Å².